The number of hydrogen-bond donors (Lipinski definition) is 3. The van der Waals surface area contributed by atoms with Crippen molar-refractivity contribution < 1.29 is 29.0 Å². The first-order valence-electron chi connectivity index (χ1n) is 10.7. The van der Waals surface area contributed by atoms with Crippen LogP contribution in [0.5, 0.6) is 0 Å². The molecule has 2 amide bonds. The van der Waals surface area contributed by atoms with Gasteiger partial charge < -0.3 is 25.2 Å². The Bertz CT molecular complexity index is 978. The van der Waals surface area contributed by atoms with Crippen LogP contribution in [-0.2, 0) is 19.1 Å². The zero-order chi connectivity index (χ0) is 22.7. The van der Waals surface area contributed by atoms with E-state index >= 15 is 0 Å². The molecule has 0 spiro atoms. The SMILES string of the molecule is C[C@@H](CC(=O)N[C@@H]1CCO[C@@H]1C(=O)O)NC(=O)OCC1c2ccccc2-c2ccccc21. The summed E-state index contributed by atoms with van der Waals surface area (Å²) in [5, 5.41) is 14.5. The van der Waals surface area contributed by atoms with Crippen molar-refractivity contribution in [3.05, 3.63) is 59.7 Å². The second-order valence-corrected chi connectivity index (χ2v) is 8.17. The quantitative estimate of drug-likeness (QED) is 0.612. The number of rotatable bonds is 7. The summed E-state index contributed by atoms with van der Waals surface area (Å²) in [6.45, 7) is 2.18. The number of carboxylic acids is 1. The average molecular weight is 438 g/mol. The molecule has 0 unspecified atom stereocenters. The Morgan fingerprint density at radius 1 is 1.09 bits per heavy atom. The van der Waals surface area contributed by atoms with Gasteiger partial charge in [0.25, 0.3) is 0 Å². The van der Waals surface area contributed by atoms with Crippen LogP contribution in [0.4, 0.5) is 4.79 Å². The standard InChI is InChI=1S/C24H26N2O6/c1-14(12-21(27)26-20-10-11-31-22(20)23(28)29)25-24(30)32-13-19-17-8-4-2-6-15(17)16-7-3-5-9-18(16)19/h2-9,14,19-20,22H,10-13H2,1H3,(H,25,30)(H,26,27)(H,28,29)/t14-,20+,22-/m0/s1. The van der Waals surface area contributed by atoms with Crippen molar-refractivity contribution in [2.24, 2.45) is 0 Å². The second kappa shape index (κ2) is 9.40. The largest absolute Gasteiger partial charge is 0.479 e. The van der Waals surface area contributed by atoms with Crippen molar-refractivity contribution in [2.45, 2.75) is 43.9 Å². The Morgan fingerprint density at radius 2 is 1.72 bits per heavy atom. The minimum absolute atomic E-state index is 0.00698. The van der Waals surface area contributed by atoms with E-state index in [1.165, 1.54) is 0 Å². The van der Waals surface area contributed by atoms with Crippen LogP contribution in [0.15, 0.2) is 48.5 Å². The zero-order valence-electron chi connectivity index (χ0n) is 17.7. The van der Waals surface area contributed by atoms with E-state index in [2.05, 4.69) is 22.8 Å². The van der Waals surface area contributed by atoms with Crippen molar-refractivity contribution in [3.8, 4) is 11.1 Å². The number of benzene rings is 2. The molecular weight excluding hydrogens is 412 g/mol. The van der Waals surface area contributed by atoms with E-state index < -0.39 is 30.3 Å². The summed E-state index contributed by atoms with van der Waals surface area (Å²) in [6, 6.07) is 15.1. The highest BCUT2D eigenvalue weighted by atomic mass is 16.5. The highest BCUT2D eigenvalue weighted by Crippen LogP contribution is 2.44. The van der Waals surface area contributed by atoms with Gasteiger partial charge in [0.2, 0.25) is 5.91 Å². The number of hydrogen-bond acceptors (Lipinski definition) is 5. The van der Waals surface area contributed by atoms with E-state index in [0.717, 1.165) is 22.3 Å². The molecule has 1 fully saturated rings. The second-order valence-electron chi connectivity index (χ2n) is 8.17. The van der Waals surface area contributed by atoms with Gasteiger partial charge in [0, 0.05) is 25.0 Å². The van der Waals surface area contributed by atoms with Crippen molar-refractivity contribution in [1.29, 1.82) is 0 Å². The van der Waals surface area contributed by atoms with Crippen molar-refractivity contribution >= 4 is 18.0 Å². The van der Waals surface area contributed by atoms with Gasteiger partial charge in [-0.3, -0.25) is 4.79 Å². The number of carboxylic acid groups (broad SMARTS) is 1. The molecule has 3 N–H and O–H groups in total. The van der Waals surface area contributed by atoms with Crippen molar-refractivity contribution in [2.75, 3.05) is 13.2 Å². The summed E-state index contributed by atoms with van der Waals surface area (Å²) in [6.07, 6.45) is -1.19. The van der Waals surface area contributed by atoms with E-state index in [-0.39, 0.29) is 31.5 Å². The van der Waals surface area contributed by atoms with E-state index in [9.17, 15) is 14.4 Å². The van der Waals surface area contributed by atoms with E-state index in [1.54, 1.807) is 6.92 Å². The van der Waals surface area contributed by atoms with Gasteiger partial charge in [-0.15, -0.1) is 0 Å². The molecule has 8 nitrogen and oxygen atoms in total. The minimum Gasteiger partial charge on any atom is -0.479 e. The molecule has 4 rings (SSSR count). The van der Waals surface area contributed by atoms with Crippen LogP contribution in [-0.4, -0.2) is 54.5 Å². The molecule has 2 aromatic rings. The summed E-state index contributed by atoms with van der Waals surface area (Å²) in [5.74, 6) is -1.49. The van der Waals surface area contributed by atoms with E-state index in [0.29, 0.717) is 6.42 Å². The monoisotopic (exact) mass is 438 g/mol. The summed E-state index contributed by atoms with van der Waals surface area (Å²) in [4.78, 5) is 35.7. The molecule has 2 aromatic carbocycles. The van der Waals surface area contributed by atoms with Crippen LogP contribution in [0, 0.1) is 0 Å². The summed E-state index contributed by atoms with van der Waals surface area (Å²) in [7, 11) is 0. The number of carbonyl (C=O) groups excluding carboxylic acids is 2. The van der Waals surface area contributed by atoms with Gasteiger partial charge in [0.1, 0.15) is 6.61 Å². The van der Waals surface area contributed by atoms with E-state index in [4.69, 9.17) is 14.6 Å². The molecule has 0 aromatic heterocycles. The number of ether oxygens (including phenoxy) is 2. The number of alkyl carbamates (subject to hydrolysis) is 1. The molecule has 168 valence electrons. The summed E-state index contributed by atoms with van der Waals surface area (Å²) >= 11 is 0. The third-order valence-corrected chi connectivity index (χ3v) is 5.88. The minimum atomic E-state index is -1.10. The maximum Gasteiger partial charge on any atom is 0.407 e. The van der Waals surface area contributed by atoms with Gasteiger partial charge in [0.15, 0.2) is 6.10 Å². The first-order chi connectivity index (χ1) is 15.4. The third-order valence-electron chi connectivity index (χ3n) is 5.88. The molecule has 32 heavy (non-hydrogen) atoms. The lowest BCUT2D eigenvalue weighted by Crippen LogP contribution is -2.46. The normalized spacial score (nSPS) is 20.2. The topological polar surface area (TPSA) is 114 Å². The molecule has 2 aliphatic rings. The van der Waals surface area contributed by atoms with E-state index in [1.807, 2.05) is 36.4 Å². The summed E-state index contributed by atoms with van der Waals surface area (Å²) in [5.41, 5.74) is 4.55. The lowest BCUT2D eigenvalue weighted by Gasteiger charge is -2.19. The Balaban J connectivity index is 1.28. The van der Waals surface area contributed by atoms with Crippen LogP contribution in [0.2, 0.25) is 0 Å². The number of aliphatic carboxylic acids is 1. The molecule has 0 saturated carbocycles. The molecular formula is C24H26N2O6. The van der Waals surface area contributed by atoms with Crippen LogP contribution in [0.25, 0.3) is 11.1 Å². The molecule has 0 radical (unpaired) electrons. The highest BCUT2D eigenvalue weighted by Gasteiger charge is 2.35. The van der Waals surface area contributed by atoms with Gasteiger partial charge in [-0.05, 0) is 35.6 Å². The number of nitrogens with one attached hydrogen (secondary N) is 2. The fourth-order valence-electron chi connectivity index (χ4n) is 4.42. The molecule has 1 aliphatic heterocycles. The maximum absolute atomic E-state index is 12.3. The fourth-order valence-corrected chi connectivity index (χ4v) is 4.42. The predicted octanol–water partition coefficient (Wildman–Crippen LogP) is 2.66. The van der Waals surface area contributed by atoms with Crippen LogP contribution < -0.4 is 10.6 Å². The molecule has 3 atom stereocenters. The average Bonchev–Trinajstić information content (AvgIpc) is 3.34. The number of fused-ring (bicyclic) bond motifs is 3. The van der Waals surface area contributed by atoms with Crippen molar-refractivity contribution in [3.63, 3.8) is 0 Å². The third kappa shape index (κ3) is 4.60. The predicted molar refractivity (Wildman–Crippen MR) is 116 cm³/mol. The maximum atomic E-state index is 12.3. The lowest BCUT2D eigenvalue weighted by molar-refractivity contribution is -0.148. The van der Waals surface area contributed by atoms with Crippen LogP contribution >= 0.6 is 0 Å². The smallest absolute Gasteiger partial charge is 0.407 e. The molecule has 0 bridgehead atoms. The molecule has 1 aliphatic carbocycles. The van der Waals surface area contributed by atoms with Gasteiger partial charge in [0.05, 0.1) is 6.04 Å². The Labute approximate surface area is 185 Å². The lowest BCUT2D eigenvalue weighted by atomic mass is 9.98. The number of carbonyl (C=O) groups is 3. The van der Waals surface area contributed by atoms with Crippen LogP contribution in [0.3, 0.4) is 0 Å². The first kappa shape index (κ1) is 21.8. The highest BCUT2D eigenvalue weighted by molar-refractivity contribution is 5.81. The van der Waals surface area contributed by atoms with Gasteiger partial charge in [-0.1, -0.05) is 48.5 Å². The molecule has 8 heteroatoms. The Kier molecular flexibility index (Phi) is 6.41. The summed E-state index contributed by atoms with van der Waals surface area (Å²) < 4.78 is 10.6. The molecule has 1 saturated heterocycles. The zero-order valence-corrected chi connectivity index (χ0v) is 17.7. The van der Waals surface area contributed by atoms with Crippen molar-refractivity contribution in [1.82, 2.24) is 10.6 Å². The molecule has 1 heterocycles. The van der Waals surface area contributed by atoms with Gasteiger partial charge in [-0.25, -0.2) is 9.59 Å². The first-order valence-corrected chi connectivity index (χ1v) is 10.7. The van der Waals surface area contributed by atoms with Gasteiger partial charge in [-0.2, -0.15) is 0 Å². The fraction of sp³-hybridized carbons (Fsp3) is 0.375. The van der Waals surface area contributed by atoms with Crippen LogP contribution in [0.1, 0.15) is 36.8 Å². The van der Waals surface area contributed by atoms with Gasteiger partial charge >= 0.3 is 12.1 Å². The Morgan fingerprint density at radius 3 is 2.34 bits per heavy atom. The Hall–Kier alpha value is -3.39. The number of amides is 2.